The summed E-state index contributed by atoms with van der Waals surface area (Å²) in [5.74, 6) is -0.716. The number of carboxylic acid groups (broad SMARTS) is 1. The smallest absolute Gasteiger partial charge is 0.320 e. The zero-order valence-electron chi connectivity index (χ0n) is 12.6. The van der Waals surface area contributed by atoms with E-state index in [-0.39, 0.29) is 6.61 Å². The number of hydrogen-bond acceptors (Lipinski definition) is 3. The third-order valence-corrected chi connectivity index (χ3v) is 3.71. The van der Waals surface area contributed by atoms with Crippen LogP contribution in [0.5, 0.6) is 5.75 Å². The lowest BCUT2D eigenvalue weighted by Gasteiger charge is -2.11. The van der Waals surface area contributed by atoms with E-state index < -0.39 is 17.8 Å². The molecule has 0 amide bonds. The van der Waals surface area contributed by atoms with E-state index in [0.29, 0.717) is 22.9 Å². The van der Waals surface area contributed by atoms with Gasteiger partial charge in [-0.3, -0.25) is 4.79 Å². The molecular weight excluding hydrogens is 321 g/mol. The van der Waals surface area contributed by atoms with E-state index in [4.69, 9.17) is 21.4 Å². The Balaban J connectivity index is 1.91. The Morgan fingerprint density at radius 2 is 2.00 bits per heavy atom. The second-order valence-electron chi connectivity index (χ2n) is 5.07. The summed E-state index contributed by atoms with van der Waals surface area (Å²) >= 11 is 5.94. The Labute approximate surface area is 138 Å². The van der Waals surface area contributed by atoms with Crippen molar-refractivity contribution in [1.29, 1.82) is 0 Å². The Bertz CT molecular complexity index is 656. The van der Waals surface area contributed by atoms with Gasteiger partial charge in [-0.15, -0.1) is 0 Å². The molecule has 2 aromatic rings. The number of carboxylic acids is 1. The molecule has 0 saturated carbocycles. The molecule has 0 aliphatic heterocycles. The topological polar surface area (TPSA) is 58.6 Å². The van der Waals surface area contributed by atoms with Crippen LogP contribution in [0, 0.1) is 5.82 Å². The van der Waals surface area contributed by atoms with Gasteiger partial charge in [0, 0.05) is 12.1 Å². The highest BCUT2D eigenvalue weighted by atomic mass is 35.5. The van der Waals surface area contributed by atoms with Crippen molar-refractivity contribution >= 4 is 17.6 Å². The van der Waals surface area contributed by atoms with Gasteiger partial charge in [0.25, 0.3) is 0 Å². The molecule has 0 bridgehead atoms. The van der Waals surface area contributed by atoms with Gasteiger partial charge in [0.05, 0.1) is 5.02 Å². The molecule has 0 radical (unpaired) electrons. The zero-order chi connectivity index (χ0) is 16.8. The molecular formula is C17H17ClFNO3. The van der Waals surface area contributed by atoms with Crippen LogP contribution in [0.3, 0.4) is 0 Å². The number of benzene rings is 2. The summed E-state index contributed by atoms with van der Waals surface area (Å²) < 4.78 is 19.2. The van der Waals surface area contributed by atoms with Crippen LogP contribution in [0.25, 0.3) is 0 Å². The van der Waals surface area contributed by atoms with Crippen LogP contribution in [-0.2, 0) is 17.9 Å². The summed E-state index contributed by atoms with van der Waals surface area (Å²) in [5.41, 5.74) is 1.24. The normalized spacial score (nSPS) is 12.0. The predicted molar refractivity (Wildman–Crippen MR) is 86.1 cm³/mol. The molecule has 4 nitrogen and oxygen atoms in total. The highest BCUT2D eigenvalue weighted by molar-refractivity contribution is 6.31. The monoisotopic (exact) mass is 337 g/mol. The molecule has 0 aliphatic rings. The molecule has 122 valence electrons. The van der Waals surface area contributed by atoms with Crippen LogP contribution in [0.1, 0.15) is 18.1 Å². The minimum atomic E-state index is -0.897. The minimum Gasteiger partial charge on any atom is -0.489 e. The summed E-state index contributed by atoms with van der Waals surface area (Å²) in [7, 11) is 0. The summed E-state index contributed by atoms with van der Waals surface area (Å²) in [5, 5.41) is 12.0. The van der Waals surface area contributed by atoms with E-state index in [1.807, 2.05) is 12.1 Å². The van der Waals surface area contributed by atoms with E-state index in [0.717, 1.165) is 5.56 Å². The third-order valence-electron chi connectivity index (χ3n) is 3.35. The largest absolute Gasteiger partial charge is 0.489 e. The second kappa shape index (κ2) is 7.94. The molecule has 0 aliphatic carbocycles. The molecule has 0 heterocycles. The maximum absolute atomic E-state index is 13.6. The standard InChI is InChI=1S/C17H17ClFNO3/c1-11(17(21)22)20-9-12-5-7-13(8-6-12)23-10-14-15(18)3-2-4-16(14)19/h2-8,11,20H,9-10H2,1H3,(H,21,22). The van der Waals surface area contributed by atoms with Crippen LogP contribution in [0.15, 0.2) is 42.5 Å². The van der Waals surface area contributed by atoms with Crippen molar-refractivity contribution in [3.8, 4) is 5.75 Å². The Hall–Kier alpha value is -2.11. The quantitative estimate of drug-likeness (QED) is 0.810. The Morgan fingerprint density at radius 3 is 2.61 bits per heavy atom. The van der Waals surface area contributed by atoms with Crippen LogP contribution in [-0.4, -0.2) is 17.1 Å². The van der Waals surface area contributed by atoms with Crippen LogP contribution >= 0.6 is 11.6 Å². The van der Waals surface area contributed by atoms with Gasteiger partial charge in [0.2, 0.25) is 0 Å². The molecule has 0 spiro atoms. The molecule has 2 aromatic carbocycles. The first kappa shape index (κ1) is 17.2. The van der Waals surface area contributed by atoms with Crippen molar-refractivity contribution in [3.63, 3.8) is 0 Å². The fraction of sp³-hybridized carbons (Fsp3) is 0.235. The lowest BCUT2D eigenvalue weighted by atomic mass is 10.2. The third kappa shape index (κ3) is 4.94. The molecule has 2 N–H and O–H groups in total. The molecule has 1 atom stereocenters. The zero-order valence-corrected chi connectivity index (χ0v) is 13.3. The van der Waals surface area contributed by atoms with Crippen molar-refractivity contribution in [3.05, 3.63) is 64.4 Å². The van der Waals surface area contributed by atoms with Crippen molar-refractivity contribution in [2.24, 2.45) is 0 Å². The lowest BCUT2D eigenvalue weighted by molar-refractivity contribution is -0.139. The van der Waals surface area contributed by atoms with Gasteiger partial charge in [0.15, 0.2) is 0 Å². The lowest BCUT2D eigenvalue weighted by Crippen LogP contribution is -2.33. The molecule has 0 aromatic heterocycles. The van der Waals surface area contributed by atoms with E-state index in [2.05, 4.69) is 5.32 Å². The number of aliphatic carboxylic acids is 1. The van der Waals surface area contributed by atoms with Crippen molar-refractivity contribution < 1.29 is 19.0 Å². The maximum atomic E-state index is 13.6. The van der Waals surface area contributed by atoms with Crippen molar-refractivity contribution in [2.75, 3.05) is 0 Å². The number of nitrogens with one attached hydrogen (secondary N) is 1. The second-order valence-corrected chi connectivity index (χ2v) is 5.48. The molecule has 0 fully saturated rings. The highest BCUT2D eigenvalue weighted by Crippen LogP contribution is 2.21. The first-order valence-electron chi connectivity index (χ1n) is 7.08. The Morgan fingerprint density at radius 1 is 1.30 bits per heavy atom. The van der Waals surface area contributed by atoms with Crippen LogP contribution in [0.4, 0.5) is 4.39 Å². The molecule has 6 heteroatoms. The average Bonchev–Trinajstić information content (AvgIpc) is 2.53. The average molecular weight is 338 g/mol. The summed E-state index contributed by atoms with van der Waals surface area (Å²) in [6.45, 7) is 2.06. The molecule has 0 saturated heterocycles. The molecule has 2 rings (SSSR count). The molecule has 1 unspecified atom stereocenters. The number of ether oxygens (including phenoxy) is 1. The van der Waals surface area contributed by atoms with Gasteiger partial charge in [-0.25, -0.2) is 4.39 Å². The number of rotatable bonds is 7. The fourth-order valence-electron chi connectivity index (χ4n) is 1.89. The molecule has 23 heavy (non-hydrogen) atoms. The van der Waals surface area contributed by atoms with Gasteiger partial charge in [-0.1, -0.05) is 29.8 Å². The predicted octanol–water partition coefficient (Wildman–Crippen LogP) is 3.62. The van der Waals surface area contributed by atoms with Crippen molar-refractivity contribution in [2.45, 2.75) is 26.1 Å². The van der Waals surface area contributed by atoms with Gasteiger partial charge in [-0.05, 0) is 36.8 Å². The SMILES string of the molecule is CC(NCc1ccc(OCc2c(F)cccc2Cl)cc1)C(=O)O. The summed E-state index contributed by atoms with van der Waals surface area (Å²) in [4.78, 5) is 10.7. The van der Waals surface area contributed by atoms with E-state index in [1.165, 1.54) is 6.07 Å². The summed E-state index contributed by atoms with van der Waals surface area (Å²) in [6.07, 6.45) is 0. The van der Waals surface area contributed by atoms with E-state index in [1.54, 1.807) is 31.2 Å². The number of hydrogen-bond donors (Lipinski definition) is 2. The van der Waals surface area contributed by atoms with Gasteiger partial charge in [0.1, 0.15) is 24.2 Å². The van der Waals surface area contributed by atoms with E-state index in [9.17, 15) is 9.18 Å². The minimum absolute atomic E-state index is 0.0408. The van der Waals surface area contributed by atoms with Gasteiger partial charge < -0.3 is 15.2 Å². The van der Waals surface area contributed by atoms with Crippen molar-refractivity contribution in [1.82, 2.24) is 5.32 Å². The van der Waals surface area contributed by atoms with Gasteiger partial charge in [-0.2, -0.15) is 0 Å². The highest BCUT2D eigenvalue weighted by Gasteiger charge is 2.10. The first-order valence-corrected chi connectivity index (χ1v) is 7.46. The maximum Gasteiger partial charge on any atom is 0.320 e. The summed E-state index contributed by atoms with van der Waals surface area (Å²) in [6, 6.07) is 11.0. The van der Waals surface area contributed by atoms with E-state index >= 15 is 0 Å². The fourth-order valence-corrected chi connectivity index (χ4v) is 2.11. The number of carbonyl (C=O) groups is 1. The van der Waals surface area contributed by atoms with Crippen LogP contribution in [0.2, 0.25) is 5.02 Å². The van der Waals surface area contributed by atoms with Crippen LogP contribution < -0.4 is 10.1 Å². The number of halogens is 2. The van der Waals surface area contributed by atoms with Gasteiger partial charge >= 0.3 is 5.97 Å². The first-order chi connectivity index (χ1) is 11.0. The Kier molecular flexibility index (Phi) is 5.96.